The largest absolute Gasteiger partial charge is 0.461 e. The SMILES string of the molecule is CC(=O)OCc1ccc2oc(=O)c(C(=O)OC3=C(C)CCC=C3)cc2c1. The summed E-state index contributed by atoms with van der Waals surface area (Å²) in [6, 6.07) is 6.42. The summed E-state index contributed by atoms with van der Waals surface area (Å²) in [4.78, 5) is 35.5. The molecule has 134 valence electrons. The Balaban J connectivity index is 1.91. The van der Waals surface area contributed by atoms with Crippen molar-refractivity contribution >= 4 is 22.9 Å². The average Bonchev–Trinajstić information content (AvgIpc) is 2.61. The minimum atomic E-state index is -0.757. The number of fused-ring (bicyclic) bond motifs is 1. The van der Waals surface area contributed by atoms with Gasteiger partial charge in [-0.2, -0.15) is 0 Å². The Morgan fingerprint density at radius 3 is 2.77 bits per heavy atom. The van der Waals surface area contributed by atoms with E-state index in [-0.39, 0.29) is 12.2 Å². The molecular formula is C20H18O6. The van der Waals surface area contributed by atoms with Crippen LogP contribution in [0.1, 0.15) is 42.6 Å². The van der Waals surface area contributed by atoms with Crippen LogP contribution >= 0.6 is 0 Å². The lowest BCUT2D eigenvalue weighted by Crippen LogP contribution is -2.17. The smallest absolute Gasteiger partial charge is 0.351 e. The monoisotopic (exact) mass is 354 g/mol. The summed E-state index contributed by atoms with van der Waals surface area (Å²) in [6.07, 6.45) is 5.36. The van der Waals surface area contributed by atoms with E-state index >= 15 is 0 Å². The summed E-state index contributed by atoms with van der Waals surface area (Å²) in [6.45, 7) is 3.31. The maximum atomic E-state index is 12.4. The fourth-order valence-electron chi connectivity index (χ4n) is 2.62. The zero-order chi connectivity index (χ0) is 18.7. The Labute approximate surface area is 149 Å². The van der Waals surface area contributed by atoms with Crippen LogP contribution in [0.15, 0.2) is 57.0 Å². The van der Waals surface area contributed by atoms with Gasteiger partial charge in [-0.1, -0.05) is 12.1 Å². The van der Waals surface area contributed by atoms with E-state index < -0.39 is 17.6 Å². The zero-order valence-corrected chi connectivity index (χ0v) is 14.5. The summed E-state index contributed by atoms with van der Waals surface area (Å²) >= 11 is 0. The summed E-state index contributed by atoms with van der Waals surface area (Å²) in [5.41, 5.74) is 1.07. The van der Waals surface area contributed by atoms with Gasteiger partial charge in [0.2, 0.25) is 0 Å². The first-order chi connectivity index (χ1) is 12.4. The van der Waals surface area contributed by atoms with E-state index in [1.807, 2.05) is 13.0 Å². The molecule has 0 unspecified atom stereocenters. The van der Waals surface area contributed by atoms with Gasteiger partial charge in [-0.05, 0) is 55.2 Å². The molecule has 2 aromatic rings. The summed E-state index contributed by atoms with van der Waals surface area (Å²) in [7, 11) is 0. The van der Waals surface area contributed by atoms with E-state index in [1.54, 1.807) is 24.3 Å². The predicted octanol–water partition coefficient (Wildman–Crippen LogP) is 3.64. The van der Waals surface area contributed by atoms with E-state index in [9.17, 15) is 14.4 Å². The second-order valence-electron chi connectivity index (χ2n) is 6.08. The number of hydrogen-bond acceptors (Lipinski definition) is 6. The van der Waals surface area contributed by atoms with Crippen molar-refractivity contribution < 1.29 is 23.5 Å². The molecule has 0 atom stereocenters. The van der Waals surface area contributed by atoms with Crippen LogP contribution in [0.5, 0.6) is 0 Å². The number of allylic oxidation sites excluding steroid dienone is 3. The predicted molar refractivity (Wildman–Crippen MR) is 94.4 cm³/mol. The van der Waals surface area contributed by atoms with Crippen molar-refractivity contribution in [3.63, 3.8) is 0 Å². The third kappa shape index (κ3) is 3.91. The number of hydrogen-bond donors (Lipinski definition) is 0. The highest BCUT2D eigenvalue weighted by Gasteiger charge is 2.18. The van der Waals surface area contributed by atoms with Crippen molar-refractivity contribution in [3.05, 3.63) is 69.3 Å². The molecule has 6 heteroatoms. The number of carbonyl (C=O) groups excluding carboxylic acids is 2. The third-order valence-electron chi connectivity index (χ3n) is 4.04. The summed E-state index contributed by atoms with van der Waals surface area (Å²) in [5.74, 6) is -0.686. The molecule has 26 heavy (non-hydrogen) atoms. The molecule has 0 spiro atoms. The molecule has 1 aromatic heterocycles. The van der Waals surface area contributed by atoms with Crippen LogP contribution in [-0.4, -0.2) is 11.9 Å². The number of ether oxygens (including phenoxy) is 2. The van der Waals surface area contributed by atoms with E-state index in [2.05, 4.69) is 0 Å². The first-order valence-electron chi connectivity index (χ1n) is 8.22. The molecule has 1 heterocycles. The Bertz CT molecular complexity index is 993. The van der Waals surface area contributed by atoms with Gasteiger partial charge in [0, 0.05) is 12.3 Å². The van der Waals surface area contributed by atoms with Crippen LogP contribution in [0, 0.1) is 0 Å². The molecule has 0 saturated carbocycles. The molecule has 6 nitrogen and oxygen atoms in total. The number of benzene rings is 1. The van der Waals surface area contributed by atoms with Crippen molar-refractivity contribution in [2.45, 2.75) is 33.3 Å². The second kappa shape index (κ2) is 7.39. The van der Waals surface area contributed by atoms with Gasteiger partial charge in [-0.3, -0.25) is 4.79 Å². The van der Waals surface area contributed by atoms with Crippen molar-refractivity contribution in [2.75, 3.05) is 0 Å². The highest BCUT2D eigenvalue weighted by atomic mass is 16.5. The van der Waals surface area contributed by atoms with Crippen LogP contribution in [0.25, 0.3) is 11.0 Å². The molecule has 0 aliphatic heterocycles. The Hall–Kier alpha value is -3.15. The second-order valence-corrected chi connectivity index (χ2v) is 6.08. The highest BCUT2D eigenvalue weighted by Crippen LogP contribution is 2.21. The normalized spacial score (nSPS) is 13.8. The van der Waals surface area contributed by atoms with Crippen molar-refractivity contribution in [1.82, 2.24) is 0 Å². The van der Waals surface area contributed by atoms with Crippen LogP contribution in [0.4, 0.5) is 0 Å². The number of esters is 2. The molecule has 0 saturated heterocycles. The first kappa shape index (κ1) is 17.7. The number of carbonyl (C=O) groups is 2. The highest BCUT2D eigenvalue weighted by molar-refractivity contribution is 5.93. The van der Waals surface area contributed by atoms with E-state index in [0.717, 1.165) is 24.0 Å². The van der Waals surface area contributed by atoms with Crippen LogP contribution in [-0.2, 0) is 20.9 Å². The van der Waals surface area contributed by atoms with Gasteiger partial charge in [0.05, 0.1) is 0 Å². The van der Waals surface area contributed by atoms with Gasteiger partial charge >= 0.3 is 17.6 Å². The van der Waals surface area contributed by atoms with Crippen LogP contribution in [0.3, 0.4) is 0 Å². The quantitative estimate of drug-likeness (QED) is 0.616. The molecule has 1 aliphatic carbocycles. The molecule has 0 bridgehead atoms. The lowest BCUT2D eigenvalue weighted by Gasteiger charge is -2.12. The Morgan fingerprint density at radius 2 is 2.04 bits per heavy atom. The van der Waals surface area contributed by atoms with Crippen LogP contribution < -0.4 is 5.63 Å². The van der Waals surface area contributed by atoms with Gasteiger partial charge in [0.15, 0.2) is 0 Å². The molecule has 0 N–H and O–H groups in total. The van der Waals surface area contributed by atoms with E-state index in [0.29, 0.717) is 16.7 Å². The topological polar surface area (TPSA) is 82.8 Å². The summed E-state index contributed by atoms with van der Waals surface area (Å²) < 4.78 is 15.5. The molecule has 1 aromatic carbocycles. The zero-order valence-electron chi connectivity index (χ0n) is 14.5. The lowest BCUT2D eigenvalue weighted by molar-refractivity contribution is -0.142. The standard InChI is InChI=1S/C20H18O6/c1-12-5-3-4-6-17(12)25-19(22)16-10-15-9-14(11-24-13(2)21)7-8-18(15)26-20(16)23/h4,6-10H,3,5,11H2,1-2H3. The maximum Gasteiger partial charge on any atom is 0.351 e. The Morgan fingerprint density at radius 1 is 1.23 bits per heavy atom. The minimum Gasteiger partial charge on any atom is -0.461 e. The van der Waals surface area contributed by atoms with Crippen molar-refractivity contribution in [3.8, 4) is 0 Å². The maximum absolute atomic E-state index is 12.4. The van der Waals surface area contributed by atoms with Crippen LogP contribution in [0.2, 0.25) is 0 Å². The van der Waals surface area contributed by atoms with Gasteiger partial charge < -0.3 is 13.9 Å². The Kier molecular flexibility index (Phi) is 5.02. The molecule has 0 radical (unpaired) electrons. The minimum absolute atomic E-state index is 0.0983. The number of rotatable bonds is 4. The van der Waals surface area contributed by atoms with E-state index in [1.165, 1.54) is 13.0 Å². The van der Waals surface area contributed by atoms with Crippen molar-refractivity contribution in [2.24, 2.45) is 0 Å². The van der Waals surface area contributed by atoms with Gasteiger partial charge in [0.1, 0.15) is 23.5 Å². The fraction of sp³-hybridized carbons (Fsp3) is 0.250. The first-order valence-corrected chi connectivity index (χ1v) is 8.22. The summed E-state index contributed by atoms with van der Waals surface area (Å²) in [5, 5.41) is 0.547. The van der Waals surface area contributed by atoms with E-state index in [4.69, 9.17) is 13.9 Å². The molecule has 0 amide bonds. The molecular weight excluding hydrogens is 336 g/mol. The molecule has 0 fully saturated rings. The van der Waals surface area contributed by atoms with Gasteiger partial charge in [-0.25, -0.2) is 9.59 Å². The molecule has 3 rings (SSSR count). The average molecular weight is 354 g/mol. The van der Waals surface area contributed by atoms with Gasteiger partial charge in [0.25, 0.3) is 0 Å². The third-order valence-corrected chi connectivity index (χ3v) is 4.04. The molecule has 1 aliphatic rings. The van der Waals surface area contributed by atoms with Crippen molar-refractivity contribution in [1.29, 1.82) is 0 Å². The van der Waals surface area contributed by atoms with Gasteiger partial charge in [-0.15, -0.1) is 0 Å². The lowest BCUT2D eigenvalue weighted by atomic mass is 10.1. The fourth-order valence-corrected chi connectivity index (χ4v) is 2.62.